The molecular weight excluding hydrogens is 392 g/mol. The van der Waals surface area contributed by atoms with Crippen molar-refractivity contribution in [3.63, 3.8) is 0 Å². The molecule has 2 aromatic heterocycles. The Morgan fingerprint density at radius 2 is 1.74 bits per heavy atom. The summed E-state index contributed by atoms with van der Waals surface area (Å²) in [5.41, 5.74) is 3.41. The van der Waals surface area contributed by atoms with Gasteiger partial charge in [0.1, 0.15) is 0 Å². The van der Waals surface area contributed by atoms with Crippen LogP contribution in [0.25, 0.3) is 16.8 Å². The molecular formula is C24H22N4O3. The number of rotatable bonds is 7. The number of carbonyl (C=O) groups excluding carboxylic acids is 1. The molecule has 31 heavy (non-hydrogen) atoms. The number of methoxy groups -OCH3 is 2. The molecule has 2 aromatic carbocycles. The molecule has 1 N–H and O–H groups in total. The first-order valence-electron chi connectivity index (χ1n) is 9.75. The van der Waals surface area contributed by atoms with Crippen molar-refractivity contribution >= 4 is 5.91 Å². The van der Waals surface area contributed by atoms with Crippen LogP contribution in [0.3, 0.4) is 0 Å². The van der Waals surface area contributed by atoms with Crippen LogP contribution in [0.5, 0.6) is 11.5 Å². The normalized spacial score (nSPS) is 10.5. The number of aromatic nitrogens is 3. The second-order valence-corrected chi connectivity index (χ2v) is 6.75. The minimum absolute atomic E-state index is 0.287. The maximum atomic E-state index is 13.1. The molecule has 156 valence electrons. The predicted octanol–water partition coefficient (Wildman–Crippen LogP) is 3.88. The molecule has 0 aliphatic carbocycles. The Labute approximate surface area is 180 Å². The summed E-state index contributed by atoms with van der Waals surface area (Å²) in [6.07, 6.45) is 3.53. The summed E-state index contributed by atoms with van der Waals surface area (Å²) in [4.78, 5) is 17.3. The summed E-state index contributed by atoms with van der Waals surface area (Å²) in [5.74, 6) is 0.903. The number of nitrogens with zero attached hydrogens (tertiary/aromatic N) is 3. The predicted molar refractivity (Wildman–Crippen MR) is 118 cm³/mol. The molecule has 1 amide bonds. The lowest BCUT2D eigenvalue weighted by atomic mass is 10.1. The molecule has 0 aliphatic heterocycles. The van der Waals surface area contributed by atoms with Crippen LogP contribution in [-0.4, -0.2) is 34.9 Å². The first-order chi connectivity index (χ1) is 15.2. The molecule has 0 saturated carbocycles. The smallest absolute Gasteiger partial charge is 0.272 e. The first kappa shape index (κ1) is 20.2. The third-order valence-corrected chi connectivity index (χ3v) is 4.80. The average molecular weight is 414 g/mol. The Kier molecular flexibility index (Phi) is 5.93. The molecule has 7 nitrogen and oxygen atoms in total. The van der Waals surface area contributed by atoms with E-state index in [2.05, 4.69) is 15.4 Å². The van der Waals surface area contributed by atoms with Crippen molar-refractivity contribution in [2.45, 2.75) is 6.54 Å². The zero-order valence-corrected chi connectivity index (χ0v) is 17.3. The number of hydrogen-bond donors (Lipinski definition) is 1. The Morgan fingerprint density at radius 1 is 0.968 bits per heavy atom. The van der Waals surface area contributed by atoms with Gasteiger partial charge in [0.05, 0.1) is 32.1 Å². The molecule has 0 atom stereocenters. The monoisotopic (exact) mass is 414 g/mol. The van der Waals surface area contributed by atoms with Gasteiger partial charge in [-0.05, 0) is 42.0 Å². The number of nitrogens with one attached hydrogen (secondary N) is 1. The number of ether oxygens (including phenoxy) is 2. The van der Waals surface area contributed by atoms with Crippen molar-refractivity contribution in [3.05, 3.63) is 90.5 Å². The fourth-order valence-corrected chi connectivity index (χ4v) is 3.23. The number of carbonyl (C=O) groups is 1. The third kappa shape index (κ3) is 4.40. The van der Waals surface area contributed by atoms with E-state index in [1.54, 1.807) is 25.1 Å². The van der Waals surface area contributed by atoms with E-state index >= 15 is 0 Å². The van der Waals surface area contributed by atoms with E-state index < -0.39 is 0 Å². The number of pyridine rings is 1. The molecule has 0 bridgehead atoms. The van der Waals surface area contributed by atoms with Gasteiger partial charge in [0.15, 0.2) is 17.2 Å². The molecule has 0 aliphatic rings. The lowest BCUT2D eigenvalue weighted by Gasteiger charge is -2.10. The van der Waals surface area contributed by atoms with Crippen molar-refractivity contribution in [1.29, 1.82) is 0 Å². The van der Waals surface area contributed by atoms with E-state index in [0.29, 0.717) is 29.3 Å². The van der Waals surface area contributed by atoms with Gasteiger partial charge in [-0.3, -0.25) is 9.78 Å². The quantitative estimate of drug-likeness (QED) is 0.497. The third-order valence-electron chi connectivity index (χ3n) is 4.80. The highest BCUT2D eigenvalue weighted by Crippen LogP contribution is 2.34. The van der Waals surface area contributed by atoms with Crippen LogP contribution in [0, 0.1) is 0 Å². The largest absolute Gasteiger partial charge is 0.493 e. The van der Waals surface area contributed by atoms with E-state index in [1.807, 2.05) is 72.9 Å². The van der Waals surface area contributed by atoms with E-state index in [9.17, 15) is 4.79 Å². The van der Waals surface area contributed by atoms with Gasteiger partial charge in [-0.25, -0.2) is 4.68 Å². The molecule has 7 heteroatoms. The van der Waals surface area contributed by atoms with Gasteiger partial charge in [0, 0.05) is 18.0 Å². The Hall–Kier alpha value is -4.13. The minimum atomic E-state index is -0.287. The fourth-order valence-electron chi connectivity index (χ4n) is 3.23. The van der Waals surface area contributed by atoms with Gasteiger partial charge < -0.3 is 14.8 Å². The summed E-state index contributed by atoms with van der Waals surface area (Å²) in [6, 6.07) is 20.7. The van der Waals surface area contributed by atoms with Crippen molar-refractivity contribution in [2.75, 3.05) is 14.2 Å². The van der Waals surface area contributed by atoms with Crippen molar-refractivity contribution in [3.8, 4) is 28.3 Å². The minimum Gasteiger partial charge on any atom is -0.493 e. The van der Waals surface area contributed by atoms with Gasteiger partial charge in [0.2, 0.25) is 0 Å². The van der Waals surface area contributed by atoms with Gasteiger partial charge in [0.25, 0.3) is 5.91 Å². The standard InChI is InChI=1S/C24H22N4O3/c1-30-21-12-11-17(14-22(21)31-2)20-16-28(19-9-4-3-5-10-19)27-23(20)24(29)26-15-18-8-6-7-13-25-18/h3-14,16H,15H2,1-2H3,(H,26,29). The molecule has 0 fully saturated rings. The molecule has 4 rings (SSSR count). The highest BCUT2D eigenvalue weighted by atomic mass is 16.5. The van der Waals surface area contributed by atoms with Crippen LogP contribution in [-0.2, 0) is 6.54 Å². The zero-order chi connectivity index (χ0) is 21.6. The summed E-state index contributed by atoms with van der Waals surface area (Å²) in [6.45, 7) is 0.309. The van der Waals surface area contributed by atoms with Crippen LogP contribution < -0.4 is 14.8 Å². The van der Waals surface area contributed by atoms with Crippen molar-refractivity contribution < 1.29 is 14.3 Å². The van der Waals surface area contributed by atoms with Crippen LogP contribution in [0.15, 0.2) is 79.1 Å². The maximum absolute atomic E-state index is 13.1. The second kappa shape index (κ2) is 9.13. The highest BCUT2D eigenvalue weighted by molar-refractivity contribution is 5.99. The van der Waals surface area contributed by atoms with Gasteiger partial charge in [-0.2, -0.15) is 5.10 Å². The van der Waals surface area contributed by atoms with Crippen molar-refractivity contribution in [1.82, 2.24) is 20.1 Å². The van der Waals surface area contributed by atoms with Gasteiger partial charge in [-0.15, -0.1) is 0 Å². The SMILES string of the molecule is COc1ccc(-c2cn(-c3ccccc3)nc2C(=O)NCc2ccccn2)cc1OC. The number of amides is 1. The van der Waals surface area contributed by atoms with E-state index in [4.69, 9.17) is 9.47 Å². The zero-order valence-electron chi connectivity index (χ0n) is 17.3. The van der Waals surface area contributed by atoms with Crippen LogP contribution in [0.4, 0.5) is 0 Å². The van der Waals surface area contributed by atoms with Crippen LogP contribution in [0.1, 0.15) is 16.2 Å². The maximum Gasteiger partial charge on any atom is 0.272 e. The van der Waals surface area contributed by atoms with Crippen LogP contribution in [0.2, 0.25) is 0 Å². The topological polar surface area (TPSA) is 78.3 Å². The summed E-state index contributed by atoms with van der Waals surface area (Å²) in [5, 5.41) is 7.49. The lowest BCUT2D eigenvalue weighted by Crippen LogP contribution is -2.24. The fraction of sp³-hybridized carbons (Fsp3) is 0.125. The molecule has 4 aromatic rings. The Morgan fingerprint density at radius 3 is 2.45 bits per heavy atom. The lowest BCUT2D eigenvalue weighted by molar-refractivity contribution is 0.0945. The number of para-hydroxylation sites is 1. The van der Waals surface area contributed by atoms with Gasteiger partial charge >= 0.3 is 0 Å². The first-order valence-corrected chi connectivity index (χ1v) is 9.75. The second-order valence-electron chi connectivity index (χ2n) is 6.75. The number of benzene rings is 2. The van der Waals surface area contributed by atoms with Crippen LogP contribution >= 0.6 is 0 Å². The summed E-state index contributed by atoms with van der Waals surface area (Å²) >= 11 is 0. The molecule has 0 radical (unpaired) electrons. The molecule has 0 unspecified atom stereocenters. The Bertz CT molecular complexity index is 1170. The Balaban J connectivity index is 1.72. The van der Waals surface area contributed by atoms with E-state index in [0.717, 1.165) is 16.9 Å². The van der Waals surface area contributed by atoms with Crippen molar-refractivity contribution in [2.24, 2.45) is 0 Å². The molecule has 0 saturated heterocycles. The highest BCUT2D eigenvalue weighted by Gasteiger charge is 2.20. The summed E-state index contributed by atoms with van der Waals surface area (Å²) < 4.78 is 12.5. The van der Waals surface area contributed by atoms with E-state index in [1.165, 1.54) is 0 Å². The average Bonchev–Trinajstić information content (AvgIpc) is 3.29. The summed E-state index contributed by atoms with van der Waals surface area (Å²) in [7, 11) is 3.16. The molecule has 0 spiro atoms. The number of hydrogen-bond acceptors (Lipinski definition) is 5. The molecule has 2 heterocycles. The van der Waals surface area contributed by atoms with Gasteiger partial charge in [-0.1, -0.05) is 30.3 Å². The van der Waals surface area contributed by atoms with E-state index in [-0.39, 0.29) is 5.91 Å².